The number of nitrogens with one attached hydrogen (secondary N) is 1. The van der Waals surface area contributed by atoms with Crippen LogP contribution >= 0.6 is 15.9 Å². The Balaban J connectivity index is 2.07. The number of alkyl halides is 1. The highest BCUT2D eigenvalue weighted by atomic mass is 79.9. The molecule has 0 radical (unpaired) electrons. The maximum Gasteiger partial charge on any atom is 0.411 e. The van der Waals surface area contributed by atoms with Crippen LogP contribution in [0.2, 0.25) is 0 Å². The Morgan fingerprint density at radius 3 is 2.69 bits per heavy atom. The first-order chi connectivity index (χ1) is 12.0. The lowest BCUT2D eigenvalue weighted by Gasteiger charge is -2.30. The van der Waals surface area contributed by atoms with Gasteiger partial charge in [-0.25, -0.2) is 13.6 Å². The predicted molar refractivity (Wildman–Crippen MR) is 94.6 cm³/mol. The highest BCUT2D eigenvalue weighted by molar-refractivity contribution is 9.10. The number of ether oxygens (including phenoxy) is 1. The van der Waals surface area contributed by atoms with Gasteiger partial charge >= 0.3 is 6.09 Å². The quantitative estimate of drug-likeness (QED) is 0.793. The number of carbonyl (C=O) groups is 2. The molecule has 144 valence electrons. The molecule has 0 aliphatic carbocycles. The Hall–Kier alpha value is -1.77. The van der Waals surface area contributed by atoms with Crippen molar-refractivity contribution in [2.24, 2.45) is 0 Å². The number of aromatic nitrogens is 1. The second-order valence-corrected chi connectivity index (χ2v) is 8.06. The van der Waals surface area contributed by atoms with Gasteiger partial charge < -0.3 is 10.1 Å². The van der Waals surface area contributed by atoms with E-state index >= 15 is 0 Å². The maximum absolute atomic E-state index is 14.1. The smallest absolute Gasteiger partial charge is 0.411 e. The number of nitrogens with zero attached hydrogens (tertiary/aromatic N) is 2. The largest absolute Gasteiger partial charge is 0.444 e. The molecule has 1 saturated heterocycles. The van der Waals surface area contributed by atoms with Crippen LogP contribution in [0.3, 0.4) is 0 Å². The van der Waals surface area contributed by atoms with Crippen molar-refractivity contribution in [3.05, 3.63) is 28.2 Å². The van der Waals surface area contributed by atoms with E-state index in [1.54, 1.807) is 27.7 Å². The molecule has 0 bridgehead atoms. The Labute approximate surface area is 159 Å². The molecule has 1 fully saturated rings. The lowest BCUT2D eigenvalue weighted by Crippen LogP contribution is -2.50. The van der Waals surface area contributed by atoms with Gasteiger partial charge in [0.1, 0.15) is 17.8 Å². The van der Waals surface area contributed by atoms with Gasteiger partial charge in [0.15, 0.2) is 5.82 Å². The average molecular weight is 434 g/mol. The maximum atomic E-state index is 14.1. The molecule has 1 aromatic rings. The van der Waals surface area contributed by atoms with Crippen molar-refractivity contribution in [1.29, 1.82) is 0 Å². The van der Waals surface area contributed by atoms with Gasteiger partial charge in [0.25, 0.3) is 0 Å². The summed E-state index contributed by atoms with van der Waals surface area (Å²) in [5, 5.41) is 2.62. The van der Waals surface area contributed by atoms with Crippen LogP contribution in [0.5, 0.6) is 0 Å². The topological polar surface area (TPSA) is 71.5 Å². The van der Waals surface area contributed by atoms with Crippen molar-refractivity contribution < 1.29 is 23.1 Å². The minimum atomic E-state index is -1.32. The molecule has 9 heteroatoms. The molecule has 6 nitrogen and oxygen atoms in total. The molecule has 0 saturated carbocycles. The van der Waals surface area contributed by atoms with E-state index in [1.807, 2.05) is 0 Å². The fourth-order valence-corrected chi connectivity index (χ4v) is 3.04. The summed E-state index contributed by atoms with van der Waals surface area (Å²) < 4.78 is 32.9. The molecular weight excluding hydrogens is 412 g/mol. The molecule has 1 aliphatic rings. The third-order valence-corrected chi connectivity index (χ3v) is 4.57. The molecule has 0 spiro atoms. The van der Waals surface area contributed by atoms with Crippen LogP contribution in [0, 0.1) is 5.82 Å². The molecule has 1 N–H and O–H groups in total. The van der Waals surface area contributed by atoms with Crippen molar-refractivity contribution in [1.82, 2.24) is 15.2 Å². The molecule has 2 amide bonds. The first-order valence-corrected chi connectivity index (χ1v) is 9.02. The van der Waals surface area contributed by atoms with Gasteiger partial charge in [-0.05, 0) is 49.7 Å². The summed E-state index contributed by atoms with van der Waals surface area (Å²) in [5.74, 6) is -1.02. The van der Waals surface area contributed by atoms with E-state index in [9.17, 15) is 18.4 Å². The average Bonchev–Trinajstić information content (AvgIpc) is 2.82. The normalized spacial score (nSPS) is 23.0. The standard InChI is InChI=1S/C17H22BrF2N3O3/c1-9-12(19)6-14(23(9)16(25)26-17(2,3)4)15(24)22-7-10-5-11(18)13(20)8-21-10/h5,8-9,12,14H,6-7H2,1-4H3,(H,22,24)/t9-,12+,14-/m0/s1. The van der Waals surface area contributed by atoms with E-state index < -0.39 is 41.7 Å². The van der Waals surface area contributed by atoms with Gasteiger partial charge in [-0.3, -0.25) is 14.7 Å². The SMILES string of the molecule is C[C@H]1[C@H](F)C[C@@H](C(=O)NCc2cc(Br)c(F)cn2)N1C(=O)OC(C)(C)C. The first kappa shape index (κ1) is 20.5. The molecule has 1 aliphatic heterocycles. The second kappa shape index (κ2) is 7.85. The molecule has 0 aromatic carbocycles. The summed E-state index contributed by atoms with van der Waals surface area (Å²) in [6, 6.07) is -0.298. The summed E-state index contributed by atoms with van der Waals surface area (Å²) in [6.07, 6.45) is -1.12. The Morgan fingerprint density at radius 1 is 1.46 bits per heavy atom. The minimum absolute atomic E-state index is 0.0295. The zero-order valence-corrected chi connectivity index (χ0v) is 16.6. The van der Waals surface area contributed by atoms with Crippen molar-refractivity contribution in [2.45, 2.75) is 64.5 Å². The molecular formula is C17H22BrF2N3O3. The monoisotopic (exact) mass is 433 g/mol. The van der Waals surface area contributed by atoms with Crippen LogP contribution < -0.4 is 5.32 Å². The van der Waals surface area contributed by atoms with Gasteiger partial charge in [-0.1, -0.05) is 0 Å². The van der Waals surface area contributed by atoms with Gasteiger partial charge in [-0.2, -0.15) is 0 Å². The van der Waals surface area contributed by atoms with E-state index in [1.165, 1.54) is 6.07 Å². The van der Waals surface area contributed by atoms with Gasteiger partial charge in [0, 0.05) is 6.42 Å². The lowest BCUT2D eigenvalue weighted by molar-refractivity contribution is -0.126. The van der Waals surface area contributed by atoms with Crippen LogP contribution in [-0.2, 0) is 16.1 Å². The predicted octanol–water partition coefficient (Wildman–Crippen LogP) is 3.34. The molecule has 3 atom stereocenters. The van der Waals surface area contributed by atoms with Crippen molar-refractivity contribution in [3.8, 4) is 0 Å². The number of rotatable bonds is 3. The number of halogens is 3. The third kappa shape index (κ3) is 4.90. The lowest BCUT2D eigenvalue weighted by atomic mass is 10.1. The fourth-order valence-electron chi connectivity index (χ4n) is 2.67. The summed E-state index contributed by atoms with van der Waals surface area (Å²) in [7, 11) is 0. The van der Waals surface area contributed by atoms with Gasteiger partial charge in [0.05, 0.1) is 29.0 Å². The first-order valence-electron chi connectivity index (χ1n) is 8.22. The zero-order valence-electron chi connectivity index (χ0n) is 15.1. The summed E-state index contributed by atoms with van der Waals surface area (Å²) in [5.41, 5.74) is -0.324. The zero-order chi connectivity index (χ0) is 19.6. The van der Waals surface area contributed by atoms with Crippen LogP contribution in [0.15, 0.2) is 16.7 Å². The van der Waals surface area contributed by atoms with E-state index in [0.29, 0.717) is 5.69 Å². The fraction of sp³-hybridized carbons (Fsp3) is 0.588. The molecule has 26 heavy (non-hydrogen) atoms. The van der Waals surface area contributed by atoms with Crippen LogP contribution in [0.4, 0.5) is 13.6 Å². The molecule has 2 heterocycles. The Morgan fingerprint density at radius 2 is 2.12 bits per heavy atom. The number of hydrogen-bond acceptors (Lipinski definition) is 4. The van der Waals surface area contributed by atoms with Gasteiger partial charge in [-0.15, -0.1) is 0 Å². The van der Waals surface area contributed by atoms with Crippen LogP contribution in [0.25, 0.3) is 0 Å². The van der Waals surface area contributed by atoms with E-state index in [0.717, 1.165) is 11.1 Å². The number of carbonyl (C=O) groups excluding carboxylic acids is 2. The summed E-state index contributed by atoms with van der Waals surface area (Å²) >= 11 is 3.04. The van der Waals surface area contributed by atoms with E-state index in [-0.39, 0.29) is 17.4 Å². The van der Waals surface area contributed by atoms with E-state index in [2.05, 4.69) is 26.2 Å². The van der Waals surface area contributed by atoms with Crippen LogP contribution in [0.1, 0.15) is 39.8 Å². The Bertz CT molecular complexity index is 696. The van der Waals surface area contributed by atoms with Crippen molar-refractivity contribution in [2.75, 3.05) is 0 Å². The Kier molecular flexibility index (Phi) is 6.21. The number of likely N-dealkylation sites (tertiary alicyclic amines) is 1. The van der Waals surface area contributed by atoms with E-state index in [4.69, 9.17) is 4.74 Å². The summed E-state index contributed by atoms with van der Waals surface area (Å²) in [6.45, 7) is 6.67. The third-order valence-electron chi connectivity index (χ3n) is 3.96. The second-order valence-electron chi connectivity index (χ2n) is 7.20. The summed E-state index contributed by atoms with van der Waals surface area (Å²) in [4.78, 5) is 29.9. The minimum Gasteiger partial charge on any atom is -0.444 e. The highest BCUT2D eigenvalue weighted by Crippen LogP contribution is 2.29. The molecule has 2 rings (SSSR count). The molecule has 1 aromatic heterocycles. The van der Waals surface area contributed by atoms with Crippen molar-refractivity contribution >= 4 is 27.9 Å². The number of pyridine rings is 1. The van der Waals surface area contributed by atoms with Crippen molar-refractivity contribution in [3.63, 3.8) is 0 Å². The van der Waals surface area contributed by atoms with Crippen LogP contribution in [-0.4, -0.2) is 45.7 Å². The van der Waals surface area contributed by atoms with Gasteiger partial charge in [0.2, 0.25) is 5.91 Å². The number of amides is 2. The highest BCUT2D eigenvalue weighted by Gasteiger charge is 2.46. The number of hydrogen-bond donors (Lipinski definition) is 1. The molecule has 0 unspecified atom stereocenters.